The van der Waals surface area contributed by atoms with Gasteiger partial charge in [-0.05, 0) is 61.1 Å². The van der Waals surface area contributed by atoms with Gasteiger partial charge in [-0.3, -0.25) is 0 Å². The van der Waals surface area contributed by atoms with Gasteiger partial charge in [-0.25, -0.2) is 0 Å². The summed E-state index contributed by atoms with van der Waals surface area (Å²) in [7, 11) is 1.11. The topological polar surface area (TPSA) is 12.0 Å². The molecule has 112 valence electrons. The fraction of sp³-hybridized carbons (Fsp3) is 0.368. The van der Waals surface area contributed by atoms with E-state index in [1.165, 1.54) is 33.1 Å². The first kappa shape index (κ1) is 15.8. The van der Waals surface area contributed by atoms with E-state index in [2.05, 4.69) is 77.2 Å². The third kappa shape index (κ3) is 3.38. The summed E-state index contributed by atoms with van der Waals surface area (Å²) in [5.41, 5.74) is 8.17. The average molecular weight is 298 g/mol. The van der Waals surface area contributed by atoms with Crippen molar-refractivity contribution in [3.63, 3.8) is 0 Å². The van der Waals surface area contributed by atoms with E-state index in [0.29, 0.717) is 0 Å². The first-order valence-corrected chi connectivity index (χ1v) is 8.65. The Hall–Kier alpha value is -1.54. The van der Waals surface area contributed by atoms with Crippen LogP contribution in [0.4, 0.5) is 11.4 Å². The Morgan fingerprint density at radius 2 is 1.48 bits per heavy atom. The summed E-state index contributed by atoms with van der Waals surface area (Å²) in [5, 5.41) is 5.10. The van der Waals surface area contributed by atoms with Gasteiger partial charge in [-0.2, -0.15) is 0 Å². The maximum atomic E-state index is 3.58. The van der Waals surface area contributed by atoms with Crippen molar-refractivity contribution < 1.29 is 0 Å². The predicted octanol–water partition coefficient (Wildman–Crippen LogP) is 3.64. The molecular formula is C19H27NSi. The molecule has 0 atom stereocenters. The fourth-order valence-corrected chi connectivity index (χ4v) is 3.07. The summed E-state index contributed by atoms with van der Waals surface area (Å²) in [6.07, 6.45) is 0. The number of anilines is 2. The highest BCUT2D eigenvalue weighted by molar-refractivity contribution is 6.34. The van der Waals surface area contributed by atoms with Crippen LogP contribution in [0.3, 0.4) is 0 Å². The van der Waals surface area contributed by atoms with E-state index in [1.54, 1.807) is 0 Å². The number of nitrogens with one attached hydrogen (secondary N) is 1. The third-order valence-corrected chi connectivity index (χ3v) is 6.05. The van der Waals surface area contributed by atoms with Gasteiger partial charge in [-0.1, -0.05) is 43.7 Å². The molecule has 0 saturated carbocycles. The lowest BCUT2D eigenvalue weighted by Crippen LogP contribution is -2.14. The van der Waals surface area contributed by atoms with Crippen molar-refractivity contribution >= 4 is 26.8 Å². The van der Waals surface area contributed by atoms with Crippen LogP contribution in [-0.4, -0.2) is 10.2 Å². The molecule has 0 unspecified atom stereocenters. The Morgan fingerprint density at radius 3 is 2.00 bits per heavy atom. The zero-order valence-corrected chi connectivity index (χ0v) is 16.4. The van der Waals surface area contributed by atoms with Crippen molar-refractivity contribution in [2.24, 2.45) is 0 Å². The Labute approximate surface area is 132 Å². The smallest absolute Gasteiger partial charge is 0.0419 e. The fourth-order valence-electron chi connectivity index (χ4n) is 2.55. The molecule has 1 N–H and O–H groups in total. The molecule has 0 fully saturated rings. The molecule has 0 heterocycles. The molecule has 2 aromatic rings. The molecule has 0 bridgehead atoms. The van der Waals surface area contributed by atoms with E-state index in [4.69, 9.17) is 0 Å². The van der Waals surface area contributed by atoms with Gasteiger partial charge < -0.3 is 5.32 Å². The average Bonchev–Trinajstić information content (AvgIpc) is 2.42. The Balaban J connectivity index is 2.31. The van der Waals surface area contributed by atoms with Gasteiger partial charge in [0.05, 0.1) is 0 Å². The number of benzene rings is 2. The molecule has 2 rings (SSSR count). The number of hydrogen-bond acceptors (Lipinski definition) is 1. The summed E-state index contributed by atoms with van der Waals surface area (Å²) >= 11 is 0. The van der Waals surface area contributed by atoms with Crippen LogP contribution in [0.1, 0.15) is 43.0 Å². The number of rotatable bonds is 2. The van der Waals surface area contributed by atoms with Crippen LogP contribution in [0.2, 0.25) is 0 Å². The molecule has 2 aromatic carbocycles. The molecule has 0 spiro atoms. The molecular weight excluding hydrogens is 270 g/mol. The van der Waals surface area contributed by atoms with Crippen LogP contribution in [0.25, 0.3) is 0 Å². The highest BCUT2D eigenvalue weighted by Gasteiger charge is 2.13. The van der Waals surface area contributed by atoms with Gasteiger partial charge >= 0.3 is 0 Å². The standard InChI is InChI=1S/C19H27NSi/c1-12-11-17(13(2)14(3)18(12)21)20-16-9-7-15(8-10-16)19(4,5)6/h7-11,20H,1-6,21H3. The summed E-state index contributed by atoms with van der Waals surface area (Å²) in [6, 6.07) is 11.1. The van der Waals surface area contributed by atoms with Crippen LogP contribution in [-0.2, 0) is 5.41 Å². The van der Waals surface area contributed by atoms with E-state index in [-0.39, 0.29) is 5.41 Å². The molecule has 0 aromatic heterocycles. The largest absolute Gasteiger partial charge is 0.355 e. The number of hydrogen-bond donors (Lipinski definition) is 1. The summed E-state index contributed by atoms with van der Waals surface area (Å²) < 4.78 is 0. The molecule has 0 radical (unpaired) electrons. The van der Waals surface area contributed by atoms with Crippen molar-refractivity contribution in [2.45, 2.75) is 47.0 Å². The second-order valence-corrected chi connectivity index (χ2v) is 8.07. The quantitative estimate of drug-likeness (QED) is 0.835. The molecule has 0 aliphatic rings. The SMILES string of the molecule is Cc1cc(Nc2ccc(C(C)(C)C)cc2)c(C)c(C)c1[SiH3]. The highest BCUT2D eigenvalue weighted by atomic mass is 28.1. The molecule has 0 aliphatic carbocycles. The minimum atomic E-state index is 0.204. The van der Waals surface area contributed by atoms with Crippen LogP contribution < -0.4 is 10.5 Å². The second-order valence-electron chi connectivity index (χ2n) is 7.07. The van der Waals surface area contributed by atoms with Crippen LogP contribution in [0.5, 0.6) is 0 Å². The summed E-state index contributed by atoms with van der Waals surface area (Å²) in [5.74, 6) is 0. The lowest BCUT2D eigenvalue weighted by molar-refractivity contribution is 0.590. The zero-order valence-electron chi connectivity index (χ0n) is 14.4. The van der Waals surface area contributed by atoms with E-state index < -0.39 is 0 Å². The maximum Gasteiger partial charge on any atom is 0.0419 e. The summed E-state index contributed by atoms with van der Waals surface area (Å²) in [4.78, 5) is 0. The van der Waals surface area contributed by atoms with Crippen molar-refractivity contribution in [3.05, 3.63) is 52.6 Å². The van der Waals surface area contributed by atoms with Gasteiger partial charge in [-0.15, -0.1) is 0 Å². The Morgan fingerprint density at radius 1 is 0.905 bits per heavy atom. The monoisotopic (exact) mass is 297 g/mol. The van der Waals surface area contributed by atoms with Crippen LogP contribution in [0, 0.1) is 20.8 Å². The third-order valence-electron chi connectivity index (χ3n) is 4.51. The maximum absolute atomic E-state index is 3.58. The van der Waals surface area contributed by atoms with E-state index in [0.717, 1.165) is 15.9 Å². The highest BCUT2D eigenvalue weighted by Crippen LogP contribution is 2.27. The van der Waals surface area contributed by atoms with Gasteiger partial charge in [0.2, 0.25) is 0 Å². The Bertz CT molecular complexity index is 649. The molecule has 21 heavy (non-hydrogen) atoms. The van der Waals surface area contributed by atoms with Gasteiger partial charge in [0, 0.05) is 21.6 Å². The van der Waals surface area contributed by atoms with E-state index in [9.17, 15) is 0 Å². The minimum absolute atomic E-state index is 0.204. The zero-order chi connectivity index (χ0) is 15.8. The predicted molar refractivity (Wildman–Crippen MR) is 98.7 cm³/mol. The lowest BCUT2D eigenvalue weighted by Gasteiger charge is -2.20. The van der Waals surface area contributed by atoms with Crippen molar-refractivity contribution in [1.82, 2.24) is 0 Å². The minimum Gasteiger partial charge on any atom is -0.355 e. The van der Waals surface area contributed by atoms with Gasteiger partial charge in [0.15, 0.2) is 0 Å². The summed E-state index contributed by atoms with van der Waals surface area (Å²) in [6.45, 7) is 13.4. The van der Waals surface area contributed by atoms with Crippen molar-refractivity contribution in [3.8, 4) is 0 Å². The first-order chi connectivity index (χ1) is 9.70. The van der Waals surface area contributed by atoms with E-state index >= 15 is 0 Å². The molecule has 1 nitrogen and oxygen atoms in total. The van der Waals surface area contributed by atoms with Crippen LogP contribution >= 0.6 is 0 Å². The van der Waals surface area contributed by atoms with Crippen molar-refractivity contribution in [2.75, 3.05) is 5.32 Å². The molecule has 0 saturated heterocycles. The van der Waals surface area contributed by atoms with E-state index in [1.807, 2.05) is 0 Å². The molecule has 0 aliphatic heterocycles. The Kier molecular flexibility index (Phi) is 4.29. The normalized spacial score (nSPS) is 11.7. The second kappa shape index (κ2) is 5.68. The van der Waals surface area contributed by atoms with Crippen LogP contribution in [0.15, 0.2) is 30.3 Å². The lowest BCUT2D eigenvalue weighted by atomic mass is 9.87. The molecule has 2 heteroatoms. The van der Waals surface area contributed by atoms with Gasteiger partial charge in [0.1, 0.15) is 0 Å². The van der Waals surface area contributed by atoms with Crippen molar-refractivity contribution in [1.29, 1.82) is 0 Å². The first-order valence-electron chi connectivity index (χ1n) is 7.65. The molecule has 0 amide bonds. The number of aryl methyl sites for hydroxylation is 1. The van der Waals surface area contributed by atoms with Gasteiger partial charge in [0.25, 0.3) is 0 Å².